The van der Waals surface area contributed by atoms with Crippen LogP contribution in [0, 0.1) is 0 Å². The highest BCUT2D eigenvalue weighted by atomic mass is 32.1. The number of aliphatic hydroxyl groups is 1. The highest BCUT2D eigenvalue weighted by Crippen LogP contribution is 2.19. The molecule has 94 valence electrons. The number of aliphatic hydroxyl groups excluding tert-OH is 1. The molecule has 0 aliphatic rings. The van der Waals surface area contributed by atoms with Gasteiger partial charge in [-0.25, -0.2) is 4.79 Å². The van der Waals surface area contributed by atoms with Crippen molar-refractivity contribution in [2.75, 3.05) is 26.8 Å². The van der Waals surface area contributed by atoms with Crippen molar-refractivity contribution in [2.45, 2.75) is 6.92 Å². The third-order valence-corrected chi connectivity index (χ3v) is 3.30. The van der Waals surface area contributed by atoms with E-state index in [2.05, 4.69) is 4.74 Å². The number of thiophene rings is 1. The molecule has 0 bridgehead atoms. The third-order valence-electron chi connectivity index (χ3n) is 2.24. The lowest BCUT2D eigenvalue weighted by Gasteiger charge is -2.18. The number of esters is 1. The molecule has 0 aromatic carbocycles. The average molecular weight is 257 g/mol. The second-order valence-electron chi connectivity index (χ2n) is 3.26. The normalized spacial score (nSPS) is 10.1. The van der Waals surface area contributed by atoms with Crippen LogP contribution in [0.1, 0.15) is 26.3 Å². The second kappa shape index (κ2) is 6.36. The van der Waals surface area contributed by atoms with Crippen LogP contribution in [0.15, 0.2) is 12.1 Å². The van der Waals surface area contributed by atoms with Gasteiger partial charge in [-0.05, 0) is 19.1 Å². The van der Waals surface area contributed by atoms with Crippen LogP contribution in [-0.2, 0) is 4.74 Å². The minimum Gasteiger partial charge on any atom is -0.465 e. The molecule has 0 saturated heterocycles. The summed E-state index contributed by atoms with van der Waals surface area (Å²) in [6.07, 6.45) is 0. The maximum atomic E-state index is 12.0. The lowest BCUT2D eigenvalue weighted by atomic mass is 10.3. The van der Waals surface area contributed by atoms with Crippen LogP contribution < -0.4 is 0 Å². The predicted molar refractivity (Wildman–Crippen MR) is 64.3 cm³/mol. The molecule has 0 aliphatic heterocycles. The summed E-state index contributed by atoms with van der Waals surface area (Å²) >= 11 is 1.10. The van der Waals surface area contributed by atoms with Gasteiger partial charge in [0.1, 0.15) is 4.88 Å². The van der Waals surface area contributed by atoms with Gasteiger partial charge in [0.15, 0.2) is 0 Å². The number of hydrogen-bond acceptors (Lipinski definition) is 5. The molecule has 1 aromatic rings. The van der Waals surface area contributed by atoms with Gasteiger partial charge in [-0.1, -0.05) is 0 Å². The molecule has 6 heteroatoms. The molecule has 1 N–H and O–H groups in total. The van der Waals surface area contributed by atoms with Crippen LogP contribution in [0.5, 0.6) is 0 Å². The molecular weight excluding hydrogens is 242 g/mol. The van der Waals surface area contributed by atoms with E-state index in [9.17, 15) is 9.59 Å². The molecular formula is C11H15NO4S. The van der Waals surface area contributed by atoms with Crippen LogP contribution in [0.4, 0.5) is 0 Å². The highest BCUT2D eigenvalue weighted by Gasteiger charge is 2.18. The van der Waals surface area contributed by atoms with Crippen LogP contribution in [0.2, 0.25) is 0 Å². The smallest absolute Gasteiger partial charge is 0.348 e. The summed E-state index contributed by atoms with van der Waals surface area (Å²) in [4.78, 5) is 25.6. The Morgan fingerprint density at radius 1 is 1.41 bits per heavy atom. The zero-order chi connectivity index (χ0) is 12.8. The summed E-state index contributed by atoms with van der Waals surface area (Å²) < 4.78 is 4.57. The van der Waals surface area contributed by atoms with E-state index in [4.69, 9.17) is 5.11 Å². The summed E-state index contributed by atoms with van der Waals surface area (Å²) in [5.74, 6) is -0.624. The molecule has 5 nitrogen and oxygen atoms in total. The number of methoxy groups -OCH3 is 1. The minimum absolute atomic E-state index is 0.0746. The largest absolute Gasteiger partial charge is 0.465 e. The summed E-state index contributed by atoms with van der Waals surface area (Å²) in [6, 6.07) is 3.16. The van der Waals surface area contributed by atoms with Crippen molar-refractivity contribution >= 4 is 23.2 Å². The number of ether oxygens (including phenoxy) is 1. The maximum absolute atomic E-state index is 12.0. The Balaban J connectivity index is 2.82. The Morgan fingerprint density at radius 3 is 2.59 bits per heavy atom. The first-order valence-electron chi connectivity index (χ1n) is 5.22. The van der Waals surface area contributed by atoms with E-state index in [1.165, 1.54) is 12.0 Å². The van der Waals surface area contributed by atoms with Gasteiger partial charge in [0.25, 0.3) is 5.91 Å². The molecule has 0 radical (unpaired) electrons. The summed E-state index contributed by atoms with van der Waals surface area (Å²) in [7, 11) is 1.30. The third kappa shape index (κ3) is 3.28. The van der Waals surface area contributed by atoms with Crippen LogP contribution >= 0.6 is 11.3 Å². The summed E-state index contributed by atoms with van der Waals surface area (Å²) in [5, 5.41) is 8.83. The Kier molecular flexibility index (Phi) is 5.11. The zero-order valence-electron chi connectivity index (χ0n) is 9.80. The van der Waals surface area contributed by atoms with Crippen molar-refractivity contribution < 1.29 is 19.4 Å². The number of likely N-dealkylation sites (N-methyl/N-ethyl adjacent to an activating group) is 1. The van der Waals surface area contributed by atoms with E-state index in [0.29, 0.717) is 22.8 Å². The van der Waals surface area contributed by atoms with Gasteiger partial charge in [0.05, 0.1) is 18.6 Å². The molecule has 0 saturated carbocycles. The fraction of sp³-hybridized carbons (Fsp3) is 0.455. The van der Waals surface area contributed by atoms with E-state index < -0.39 is 5.97 Å². The number of amides is 1. The van der Waals surface area contributed by atoms with E-state index >= 15 is 0 Å². The lowest BCUT2D eigenvalue weighted by molar-refractivity contribution is 0.0606. The van der Waals surface area contributed by atoms with Crippen molar-refractivity contribution in [3.05, 3.63) is 21.9 Å². The highest BCUT2D eigenvalue weighted by molar-refractivity contribution is 7.15. The number of carbonyl (C=O) groups is 2. The van der Waals surface area contributed by atoms with Gasteiger partial charge in [0.2, 0.25) is 0 Å². The van der Waals surface area contributed by atoms with Crippen molar-refractivity contribution in [1.29, 1.82) is 0 Å². The topological polar surface area (TPSA) is 66.8 Å². The van der Waals surface area contributed by atoms with Crippen molar-refractivity contribution in [3.63, 3.8) is 0 Å². The summed E-state index contributed by atoms with van der Waals surface area (Å²) in [5.41, 5.74) is 0. The van der Waals surface area contributed by atoms with Gasteiger partial charge in [-0.2, -0.15) is 0 Å². The van der Waals surface area contributed by atoms with Crippen LogP contribution in [-0.4, -0.2) is 48.7 Å². The fourth-order valence-corrected chi connectivity index (χ4v) is 2.24. The minimum atomic E-state index is -0.445. The van der Waals surface area contributed by atoms with E-state index in [0.717, 1.165) is 11.3 Å². The van der Waals surface area contributed by atoms with Crippen LogP contribution in [0.3, 0.4) is 0 Å². The van der Waals surface area contributed by atoms with Gasteiger partial charge in [-0.15, -0.1) is 11.3 Å². The van der Waals surface area contributed by atoms with Gasteiger partial charge in [-0.3, -0.25) is 4.79 Å². The van der Waals surface area contributed by atoms with Crippen LogP contribution in [0.25, 0.3) is 0 Å². The molecule has 0 unspecified atom stereocenters. The van der Waals surface area contributed by atoms with Gasteiger partial charge < -0.3 is 14.7 Å². The zero-order valence-corrected chi connectivity index (χ0v) is 10.6. The Hall–Kier alpha value is -1.40. The van der Waals surface area contributed by atoms with E-state index in [1.807, 2.05) is 6.92 Å². The molecule has 1 rings (SSSR count). The number of hydrogen-bond donors (Lipinski definition) is 1. The van der Waals surface area contributed by atoms with Crippen molar-refractivity contribution in [2.24, 2.45) is 0 Å². The number of nitrogens with zero attached hydrogens (tertiary/aromatic N) is 1. The first kappa shape index (κ1) is 13.7. The van der Waals surface area contributed by atoms with Gasteiger partial charge >= 0.3 is 5.97 Å². The van der Waals surface area contributed by atoms with Crippen molar-refractivity contribution in [1.82, 2.24) is 4.90 Å². The Morgan fingerprint density at radius 2 is 2.06 bits per heavy atom. The van der Waals surface area contributed by atoms with E-state index in [-0.39, 0.29) is 12.5 Å². The predicted octanol–water partition coefficient (Wildman–Crippen LogP) is 0.989. The second-order valence-corrected chi connectivity index (χ2v) is 4.35. The van der Waals surface area contributed by atoms with E-state index in [1.54, 1.807) is 12.1 Å². The number of rotatable bonds is 5. The maximum Gasteiger partial charge on any atom is 0.348 e. The lowest BCUT2D eigenvalue weighted by Crippen LogP contribution is -2.32. The van der Waals surface area contributed by atoms with Gasteiger partial charge in [0, 0.05) is 13.1 Å². The Labute approximate surface area is 104 Å². The summed E-state index contributed by atoms with van der Waals surface area (Å²) in [6.45, 7) is 2.57. The molecule has 0 spiro atoms. The first-order chi connectivity index (χ1) is 8.13. The molecule has 1 aromatic heterocycles. The molecule has 1 amide bonds. The fourth-order valence-electron chi connectivity index (χ4n) is 1.34. The average Bonchev–Trinajstić information content (AvgIpc) is 2.83. The first-order valence-corrected chi connectivity index (χ1v) is 6.04. The molecule has 0 fully saturated rings. The molecule has 17 heavy (non-hydrogen) atoms. The number of carbonyl (C=O) groups excluding carboxylic acids is 2. The SMILES string of the molecule is CCN(CCO)C(=O)c1ccc(C(=O)OC)s1. The molecule has 0 aliphatic carbocycles. The Bertz CT molecular complexity index is 402. The molecule has 0 atom stereocenters. The quantitative estimate of drug-likeness (QED) is 0.799. The monoisotopic (exact) mass is 257 g/mol. The standard InChI is InChI=1S/C11H15NO4S/c1-3-12(6-7-13)10(14)8-4-5-9(17-8)11(15)16-2/h4-5,13H,3,6-7H2,1-2H3. The van der Waals surface area contributed by atoms with Crippen molar-refractivity contribution in [3.8, 4) is 0 Å². The molecule has 1 heterocycles.